The Bertz CT molecular complexity index is 265. The number of carbonyl (C=O) groups is 1. The number of hydrogen-bond donors (Lipinski definition) is 1. The zero-order valence-corrected chi connectivity index (χ0v) is 14.6. The topological polar surface area (TPSA) is 46.5 Å². The molecule has 0 amide bonds. The van der Waals surface area contributed by atoms with Crippen LogP contribution in [0, 0.1) is 5.92 Å². The van der Waals surface area contributed by atoms with E-state index in [9.17, 15) is 4.79 Å². The van der Waals surface area contributed by atoms with Gasteiger partial charge in [-0.25, -0.2) is 0 Å². The van der Waals surface area contributed by atoms with E-state index in [2.05, 4.69) is 27.7 Å². The number of carbonyl (C=O) groups excluding carboxylic acids is 1. The van der Waals surface area contributed by atoms with Crippen molar-refractivity contribution in [3.63, 3.8) is 0 Å². The van der Waals surface area contributed by atoms with Crippen molar-refractivity contribution < 1.29 is 14.6 Å². The summed E-state index contributed by atoms with van der Waals surface area (Å²) in [5, 5.41) is 8.74. The number of aliphatic hydroxyl groups is 1. The zero-order valence-electron chi connectivity index (χ0n) is 14.6. The molecule has 0 radical (unpaired) electrons. The van der Waals surface area contributed by atoms with Crippen LogP contribution >= 0.6 is 0 Å². The Morgan fingerprint density at radius 2 is 1.86 bits per heavy atom. The molecule has 0 saturated carbocycles. The molecule has 0 aliphatic heterocycles. The van der Waals surface area contributed by atoms with Crippen molar-refractivity contribution in [2.45, 2.75) is 97.5 Å². The standard InChI is InChI=1S/C18H36O3/c1-5-8-12-16(6-2)15-18(4,7-3)21-17(20)13-10-9-11-14-19/h16,19H,5-15H2,1-4H3/t16?,18-/m0/s1. The first-order chi connectivity index (χ1) is 10.0. The summed E-state index contributed by atoms with van der Waals surface area (Å²) in [7, 11) is 0. The zero-order chi connectivity index (χ0) is 16.1. The normalized spacial score (nSPS) is 15.5. The van der Waals surface area contributed by atoms with Gasteiger partial charge in [-0.3, -0.25) is 4.79 Å². The molecule has 0 rings (SSSR count). The fourth-order valence-electron chi connectivity index (χ4n) is 2.70. The lowest BCUT2D eigenvalue weighted by Gasteiger charge is -2.32. The van der Waals surface area contributed by atoms with Gasteiger partial charge in [0.1, 0.15) is 5.60 Å². The minimum atomic E-state index is -0.317. The minimum absolute atomic E-state index is 0.0809. The van der Waals surface area contributed by atoms with Gasteiger partial charge in [0.25, 0.3) is 0 Å². The summed E-state index contributed by atoms with van der Waals surface area (Å²) in [6.45, 7) is 8.83. The maximum Gasteiger partial charge on any atom is 0.306 e. The molecule has 21 heavy (non-hydrogen) atoms. The van der Waals surface area contributed by atoms with Crippen LogP contribution in [0.1, 0.15) is 91.9 Å². The number of esters is 1. The maximum atomic E-state index is 12.0. The van der Waals surface area contributed by atoms with E-state index in [1.54, 1.807) is 0 Å². The highest BCUT2D eigenvalue weighted by atomic mass is 16.6. The molecule has 0 bridgehead atoms. The predicted octanol–water partition coefficient (Wildman–Crippen LogP) is 4.86. The maximum absolute atomic E-state index is 12.0. The summed E-state index contributed by atoms with van der Waals surface area (Å²) >= 11 is 0. The van der Waals surface area contributed by atoms with E-state index in [0.29, 0.717) is 12.3 Å². The molecule has 0 saturated heterocycles. The lowest BCUT2D eigenvalue weighted by Crippen LogP contribution is -2.33. The van der Waals surface area contributed by atoms with Gasteiger partial charge < -0.3 is 9.84 Å². The second kappa shape index (κ2) is 12.0. The van der Waals surface area contributed by atoms with E-state index in [1.807, 2.05) is 0 Å². The van der Waals surface area contributed by atoms with Crippen molar-refractivity contribution in [1.29, 1.82) is 0 Å². The largest absolute Gasteiger partial charge is 0.459 e. The highest BCUT2D eigenvalue weighted by molar-refractivity contribution is 5.69. The summed E-state index contributed by atoms with van der Waals surface area (Å²) in [5.74, 6) is 0.569. The van der Waals surface area contributed by atoms with Crippen molar-refractivity contribution in [2.24, 2.45) is 5.92 Å². The number of hydrogen-bond acceptors (Lipinski definition) is 3. The predicted molar refractivity (Wildman–Crippen MR) is 88.3 cm³/mol. The van der Waals surface area contributed by atoms with Gasteiger partial charge in [-0.2, -0.15) is 0 Å². The molecular weight excluding hydrogens is 264 g/mol. The minimum Gasteiger partial charge on any atom is -0.459 e. The molecule has 0 spiro atoms. The Labute approximate surface area is 131 Å². The van der Waals surface area contributed by atoms with Crippen LogP contribution in [-0.4, -0.2) is 23.3 Å². The fourth-order valence-corrected chi connectivity index (χ4v) is 2.70. The quantitative estimate of drug-likeness (QED) is 0.390. The Morgan fingerprint density at radius 3 is 2.38 bits per heavy atom. The molecule has 0 heterocycles. The summed E-state index contributed by atoms with van der Waals surface area (Å²) < 4.78 is 5.78. The second-order valence-electron chi connectivity index (χ2n) is 6.43. The van der Waals surface area contributed by atoms with Crippen LogP contribution in [0.15, 0.2) is 0 Å². The molecule has 0 aromatic heterocycles. The Hall–Kier alpha value is -0.570. The molecular formula is C18H36O3. The molecule has 0 fully saturated rings. The molecule has 0 aliphatic carbocycles. The van der Waals surface area contributed by atoms with Gasteiger partial charge in [-0.1, -0.05) is 52.9 Å². The summed E-state index contributed by atoms with van der Waals surface area (Å²) in [5.41, 5.74) is -0.317. The summed E-state index contributed by atoms with van der Waals surface area (Å²) in [4.78, 5) is 12.0. The molecule has 126 valence electrons. The first kappa shape index (κ1) is 20.4. The van der Waals surface area contributed by atoms with E-state index >= 15 is 0 Å². The number of aliphatic hydroxyl groups excluding tert-OH is 1. The van der Waals surface area contributed by atoms with E-state index in [0.717, 1.165) is 38.5 Å². The van der Waals surface area contributed by atoms with Crippen molar-refractivity contribution in [2.75, 3.05) is 6.61 Å². The van der Waals surface area contributed by atoms with Crippen molar-refractivity contribution in [1.82, 2.24) is 0 Å². The van der Waals surface area contributed by atoms with Crippen molar-refractivity contribution >= 4 is 5.97 Å². The Morgan fingerprint density at radius 1 is 1.14 bits per heavy atom. The third-order valence-electron chi connectivity index (χ3n) is 4.41. The molecule has 0 aromatic carbocycles. The van der Waals surface area contributed by atoms with Crippen LogP contribution in [0.4, 0.5) is 0 Å². The first-order valence-electron chi connectivity index (χ1n) is 8.84. The van der Waals surface area contributed by atoms with E-state index in [1.165, 1.54) is 19.3 Å². The SMILES string of the molecule is CCCCC(CC)C[C@](C)(CC)OC(=O)CCCCCO. The molecule has 3 heteroatoms. The summed E-state index contributed by atoms with van der Waals surface area (Å²) in [6.07, 6.45) is 9.67. The lowest BCUT2D eigenvalue weighted by molar-refractivity contribution is -0.160. The van der Waals surface area contributed by atoms with Crippen LogP contribution in [0.2, 0.25) is 0 Å². The smallest absolute Gasteiger partial charge is 0.306 e. The third kappa shape index (κ3) is 9.89. The number of unbranched alkanes of at least 4 members (excludes halogenated alkanes) is 3. The van der Waals surface area contributed by atoms with Gasteiger partial charge in [0.15, 0.2) is 0 Å². The molecule has 0 aromatic rings. The monoisotopic (exact) mass is 300 g/mol. The van der Waals surface area contributed by atoms with Gasteiger partial charge in [0, 0.05) is 13.0 Å². The van der Waals surface area contributed by atoms with E-state index in [-0.39, 0.29) is 18.2 Å². The average molecular weight is 300 g/mol. The van der Waals surface area contributed by atoms with Crippen LogP contribution in [0.5, 0.6) is 0 Å². The molecule has 1 N–H and O–H groups in total. The highest BCUT2D eigenvalue weighted by Crippen LogP contribution is 2.30. The first-order valence-corrected chi connectivity index (χ1v) is 8.84. The van der Waals surface area contributed by atoms with Gasteiger partial charge in [0.2, 0.25) is 0 Å². The Kier molecular flexibility index (Phi) is 11.7. The molecule has 3 nitrogen and oxygen atoms in total. The van der Waals surface area contributed by atoms with Crippen LogP contribution in [0.3, 0.4) is 0 Å². The molecule has 1 unspecified atom stereocenters. The van der Waals surface area contributed by atoms with Crippen LogP contribution < -0.4 is 0 Å². The molecule has 0 aliphatic rings. The lowest BCUT2D eigenvalue weighted by atomic mass is 9.85. The third-order valence-corrected chi connectivity index (χ3v) is 4.41. The second-order valence-corrected chi connectivity index (χ2v) is 6.43. The summed E-state index contributed by atoms with van der Waals surface area (Å²) in [6, 6.07) is 0. The van der Waals surface area contributed by atoms with Gasteiger partial charge >= 0.3 is 5.97 Å². The highest BCUT2D eigenvalue weighted by Gasteiger charge is 2.29. The van der Waals surface area contributed by atoms with E-state index < -0.39 is 0 Å². The fraction of sp³-hybridized carbons (Fsp3) is 0.944. The average Bonchev–Trinajstić information content (AvgIpc) is 2.48. The Balaban J connectivity index is 4.26. The molecule has 2 atom stereocenters. The van der Waals surface area contributed by atoms with Gasteiger partial charge in [-0.15, -0.1) is 0 Å². The number of ether oxygens (including phenoxy) is 1. The van der Waals surface area contributed by atoms with Crippen molar-refractivity contribution in [3.05, 3.63) is 0 Å². The van der Waals surface area contributed by atoms with Crippen LogP contribution in [0.25, 0.3) is 0 Å². The van der Waals surface area contributed by atoms with Gasteiger partial charge in [0.05, 0.1) is 0 Å². The van der Waals surface area contributed by atoms with E-state index in [4.69, 9.17) is 9.84 Å². The van der Waals surface area contributed by atoms with Crippen LogP contribution in [-0.2, 0) is 9.53 Å². The van der Waals surface area contributed by atoms with Gasteiger partial charge in [-0.05, 0) is 38.5 Å². The number of rotatable bonds is 13. The van der Waals surface area contributed by atoms with Crippen molar-refractivity contribution in [3.8, 4) is 0 Å².